The van der Waals surface area contributed by atoms with E-state index in [9.17, 15) is 23.4 Å². The Morgan fingerprint density at radius 3 is 2.39 bits per heavy atom. The number of aliphatic hydroxyl groups excluding tert-OH is 2. The van der Waals surface area contributed by atoms with Crippen LogP contribution >= 0.6 is 0 Å². The second-order valence-electron chi connectivity index (χ2n) is 7.71. The lowest BCUT2D eigenvalue weighted by Gasteiger charge is -2.41. The fourth-order valence-electron chi connectivity index (χ4n) is 4.10. The number of hydrogen-bond acceptors (Lipinski definition) is 6. The van der Waals surface area contributed by atoms with Crippen LogP contribution in [-0.4, -0.2) is 97.8 Å². The summed E-state index contributed by atoms with van der Waals surface area (Å²) in [6, 6.07) is 5.13. The van der Waals surface area contributed by atoms with E-state index in [-0.39, 0.29) is 18.8 Å². The molecule has 0 amide bonds. The molecule has 9 heteroatoms. The highest BCUT2D eigenvalue weighted by Gasteiger charge is 2.46. The molecule has 0 bridgehead atoms. The normalized spacial score (nSPS) is 29.6. The van der Waals surface area contributed by atoms with E-state index >= 15 is 0 Å². The van der Waals surface area contributed by atoms with Gasteiger partial charge in [0.2, 0.25) is 0 Å². The average Bonchev–Trinajstić information content (AvgIpc) is 2.96. The molecule has 2 aliphatic rings. The number of ether oxygens (including phenoxy) is 1. The summed E-state index contributed by atoms with van der Waals surface area (Å²) in [7, 11) is 3.84. The lowest BCUT2D eigenvalue weighted by molar-refractivity contribution is -0.137. The third kappa shape index (κ3) is 4.60. The van der Waals surface area contributed by atoms with Crippen molar-refractivity contribution >= 4 is 5.69 Å². The molecular formula is C19H28F3N3O3. The van der Waals surface area contributed by atoms with Crippen molar-refractivity contribution in [1.29, 1.82) is 0 Å². The number of piperazine rings is 1. The van der Waals surface area contributed by atoms with Gasteiger partial charge in [0.1, 0.15) is 12.2 Å². The average molecular weight is 403 g/mol. The zero-order chi connectivity index (χ0) is 20.5. The summed E-state index contributed by atoms with van der Waals surface area (Å²) >= 11 is 0. The molecule has 0 aromatic heterocycles. The summed E-state index contributed by atoms with van der Waals surface area (Å²) in [6.45, 7) is 2.69. The Balaban J connectivity index is 1.67. The van der Waals surface area contributed by atoms with E-state index in [1.165, 1.54) is 12.1 Å². The molecule has 2 heterocycles. The predicted molar refractivity (Wildman–Crippen MR) is 99.3 cm³/mol. The first kappa shape index (κ1) is 21.3. The predicted octanol–water partition coefficient (Wildman–Crippen LogP) is 0.878. The summed E-state index contributed by atoms with van der Waals surface area (Å²) < 4.78 is 44.7. The summed E-state index contributed by atoms with van der Waals surface area (Å²) in [6.07, 6.45) is -6.00. The fourth-order valence-corrected chi connectivity index (χ4v) is 4.10. The molecule has 2 N–H and O–H groups in total. The first-order valence-electron chi connectivity index (χ1n) is 9.46. The fraction of sp³-hybridized carbons (Fsp3) is 0.684. The van der Waals surface area contributed by atoms with E-state index in [0.717, 1.165) is 6.07 Å². The van der Waals surface area contributed by atoms with Gasteiger partial charge in [0.25, 0.3) is 0 Å². The van der Waals surface area contributed by atoms with Gasteiger partial charge in [0, 0.05) is 38.4 Å². The Hall–Kier alpha value is -1.39. The van der Waals surface area contributed by atoms with Crippen molar-refractivity contribution in [2.45, 2.75) is 30.5 Å². The summed E-state index contributed by atoms with van der Waals surface area (Å²) in [5.74, 6) is 0. The molecule has 4 atom stereocenters. The second-order valence-corrected chi connectivity index (χ2v) is 7.71. The number of aliphatic hydroxyl groups is 2. The van der Waals surface area contributed by atoms with E-state index < -0.39 is 23.9 Å². The van der Waals surface area contributed by atoms with Crippen LogP contribution in [0.15, 0.2) is 24.3 Å². The van der Waals surface area contributed by atoms with Crippen molar-refractivity contribution in [3.8, 4) is 0 Å². The van der Waals surface area contributed by atoms with E-state index in [4.69, 9.17) is 4.74 Å². The second kappa shape index (κ2) is 8.54. The van der Waals surface area contributed by atoms with Crippen molar-refractivity contribution < 1.29 is 28.1 Å². The summed E-state index contributed by atoms with van der Waals surface area (Å²) in [5, 5.41) is 20.1. The minimum Gasteiger partial charge on any atom is -0.394 e. The molecule has 1 aromatic rings. The maximum atomic E-state index is 13.0. The monoisotopic (exact) mass is 403 g/mol. The lowest BCUT2D eigenvalue weighted by atomic mass is 10.0. The Kier molecular flexibility index (Phi) is 6.51. The maximum absolute atomic E-state index is 13.0. The topological polar surface area (TPSA) is 59.4 Å². The third-order valence-electron chi connectivity index (χ3n) is 5.46. The van der Waals surface area contributed by atoms with Gasteiger partial charge >= 0.3 is 6.18 Å². The number of anilines is 1. The van der Waals surface area contributed by atoms with Gasteiger partial charge in [0.05, 0.1) is 24.3 Å². The Labute approximate surface area is 163 Å². The van der Waals surface area contributed by atoms with Gasteiger partial charge in [0.15, 0.2) is 0 Å². The van der Waals surface area contributed by atoms with Crippen molar-refractivity contribution in [2.24, 2.45) is 0 Å². The highest BCUT2D eigenvalue weighted by Crippen LogP contribution is 2.32. The van der Waals surface area contributed by atoms with Gasteiger partial charge in [-0.25, -0.2) is 0 Å². The van der Waals surface area contributed by atoms with Gasteiger partial charge in [-0.3, -0.25) is 4.90 Å². The van der Waals surface area contributed by atoms with E-state index in [1.54, 1.807) is 6.07 Å². The molecule has 158 valence electrons. The quantitative estimate of drug-likeness (QED) is 0.761. The zero-order valence-corrected chi connectivity index (χ0v) is 16.1. The number of alkyl halides is 3. The number of hydrogen-bond donors (Lipinski definition) is 2. The molecule has 0 aliphatic carbocycles. The number of benzene rings is 1. The van der Waals surface area contributed by atoms with E-state index in [2.05, 4.69) is 4.90 Å². The van der Waals surface area contributed by atoms with Gasteiger partial charge < -0.3 is 24.7 Å². The molecule has 0 radical (unpaired) electrons. The molecule has 28 heavy (non-hydrogen) atoms. The van der Waals surface area contributed by atoms with Crippen LogP contribution in [0.5, 0.6) is 0 Å². The van der Waals surface area contributed by atoms with Crippen molar-refractivity contribution in [2.75, 3.05) is 58.3 Å². The molecule has 0 unspecified atom stereocenters. The van der Waals surface area contributed by atoms with Crippen LogP contribution in [-0.2, 0) is 10.9 Å². The Morgan fingerprint density at radius 2 is 1.82 bits per heavy atom. The number of halogens is 3. The molecule has 2 saturated heterocycles. The molecular weight excluding hydrogens is 375 g/mol. The van der Waals surface area contributed by atoms with Crippen molar-refractivity contribution in [1.82, 2.24) is 9.80 Å². The molecule has 0 saturated carbocycles. The van der Waals surface area contributed by atoms with E-state index in [0.29, 0.717) is 38.4 Å². The SMILES string of the molecule is CN(C)C[C@H]1O[C@@H](CO)[C@@H](O)[C@H]1N1CCN(c2cccc(C(F)(F)F)c2)CC1. The van der Waals surface area contributed by atoms with Crippen LogP contribution < -0.4 is 4.90 Å². The highest BCUT2D eigenvalue weighted by atomic mass is 19.4. The van der Waals surface area contributed by atoms with Crippen LogP contribution in [0.4, 0.5) is 18.9 Å². The highest BCUT2D eigenvalue weighted by molar-refractivity contribution is 5.49. The van der Waals surface area contributed by atoms with E-state index in [1.807, 2.05) is 23.9 Å². The van der Waals surface area contributed by atoms with Gasteiger partial charge in [-0.1, -0.05) is 6.07 Å². The van der Waals surface area contributed by atoms with Crippen LogP contribution in [0, 0.1) is 0 Å². The number of rotatable bonds is 5. The number of likely N-dealkylation sites (N-methyl/N-ethyl adjacent to an activating group) is 1. The zero-order valence-electron chi connectivity index (χ0n) is 16.1. The lowest BCUT2D eigenvalue weighted by Crippen LogP contribution is -2.57. The molecule has 1 aromatic carbocycles. The van der Waals surface area contributed by atoms with Crippen LogP contribution in [0.3, 0.4) is 0 Å². The molecule has 6 nitrogen and oxygen atoms in total. The minimum atomic E-state index is -4.36. The Morgan fingerprint density at radius 1 is 1.14 bits per heavy atom. The molecule has 0 spiro atoms. The van der Waals surface area contributed by atoms with Gasteiger partial charge in [-0.15, -0.1) is 0 Å². The van der Waals surface area contributed by atoms with Gasteiger partial charge in [-0.05, 0) is 32.3 Å². The summed E-state index contributed by atoms with van der Waals surface area (Å²) in [5.41, 5.74) is -0.0975. The number of nitrogens with zero attached hydrogens (tertiary/aromatic N) is 3. The molecule has 2 aliphatic heterocycles. The maximum Gasteiger partial charge on any atom is 0.416 e. The van der Waals surface area contributed by atoms with Gasteiger partial charge in [-0.2, -0.15) is 13.2 Å². The molecule has 2 fully saturated rings. The first-order chi connectivity index (χ1) is 13.2. The minimum absolute atomic E-state index is 0.234. The van der Waals surface area contributed by atoms with Crippen LogP contribution in [0.25, 0.3) is 0 Å². The standard InChI is InChI=1S/C19H28F3N3O3/c1-23(2)11-15-17(18(27)16(12-26)28-15)25-8-6-24(7-9-25)14-5-3-4-13(10-14)19(20,21)22/h3-5,10,15-18,26-27H,6-9,11-12H2,1-2H3/t15-,16+,17+,18-/m1/s1. The van der Waals surface area contributed by atoms with Crippen LogP contribution in [0.2, 0.25) is 0 Å². The largest absolute Gasteiger partial charge is 0.416 e. The van der Waals surface area contributed by atoms with Crippen molar-refractivity contribution in [3.05, 3.63) is 29.8 Å². The van der Waals surface area contributed by atoms with Crippen LogP contribution in [0.1, 0.15) is 5.56 Å². The smallest absolute Gasteiger partial charge is 0.394 e. The third-order valence-corrected chi connectivity index (χ3v) is 5.46. The Bertz CT molecular complexity index is 651. The molecule has 3 rings (SSSR count). The first-order valence-corrected chi connectivity index (χ1v) is 9.46. The van der Waals surface area contributed by atoms with Crippen molar-refractivity contribution in [3.63, 3.8) is 0 Å². The summed E-state index contributed by atoms with van der Waals surface area (Å²) in [4.78, 5) is 6.03.